The van der Waals surface area contributed by atoms with Crippen LogP contribution in [0.1, 0.15) is 30.5 Å². The van der Waals surface area contributed by atoms with Crippen LogP contribution in [0.5, 0.6) is 0 Å². The number of hydrogen-bond donors (Lipinski definition) is 2. The number of nitrogens with zero attached hydrogens (tertiary/aromatic N) is 1. The molecule has 2 aromatic rings. The van der Waals surface area contributed by atoms with E-state index in [4.69, 9.17) is 9.47 Å². The molecule has 1 unspecified atom stereocenters. The van der Waals surface area contributed by atoms with Gasteiger partial charge in [-0.15, -0.1) is 0 Å². The van der Waals surface area contributed by atoms with Crippen LogP contribution in [0.4, 0.5) is 0 Å². The van der Waals surface area contributed by atoms with Gasteiger partial charge in [-0.3, -0.25) is 5.10 Å². The zero-order valence-electron chi connectivity index (χ0n) is 10.8. The van der Waals surface area contributed by atoms with Crippen LogP contribution in [-0.4, -0.2) is 28.2 Å². The molecule has 0 radical (unpaired) electrons. The van der Waals surface area contributed by atoms with Crippen molar-refractivity contribution in [3.05, 3.63) is 29.5 Å². The number of aromatic nitrogens is 2. The average Bonchev–Trinajstić information content (AvgIpc) is 2.88. The molecule has 1 saturated heterocycles. The maximum absolute atomic E-state index is 9.18. The van der Waals surface area contributed by atoms with Gasteiger partial charge in [0.25, 0.3) is 0 Å². The molecular weight excluding hydrogens is 244 g/mol. The van der Waals surface area contributed by atoms with Crippen molar-refractivity contribution in [2.45, 2.75) is 38.8 Å². The molecular formula is C14H18N2O3. The van der Waals surface area contributed by atoms with E-state index in [1.165, 1.54) is 0 Å². The van der Waals surface area contributed by atoms with Gasteiger partial charge in [-0.1, -0.05) is 6.07 Å². The number of benzene rings is 1. The summed E-state index contributed by atoms with van der Waals surface area (Å²) in [5.74, 6) is 0. The highest BCUT2D eigenvalue weighted by Crippen LogP contribution is 2.21. The number of rotatable bonds is 4. The van der Waals surface area contributed by atoms with Gasteiger partial charge in [-0.05, 0) is 37.0 Å². The zero-order valence-corrected chi connectivity index (χ0v) is 10.8. The molecule has 0 saturated carbocycles. The lowest BCUT2D eigenvalue weighted by atomic mass is 10.1. The molecule has 2 N–H and O–H groups in total. The Morgan fingerprint density at radius 2 is 2.37 bits per heavy atom. The van der Waals surface area contributed by atoms with Gasteiger partial charge in [0.05, 0.1) is 24.4 Å². The minimum atomic E-state index is -0.104. The summed E-state index contributed by atoms with van der Waals surface area (Å²) in [5.41, 5.74) is 2.70. The standard InChI is InChI=1S/C14H18N2O3/c17-8-10-4-5-12-11(7-10)13(16-15-12)9-19-14-3-1-2-6-18-14/h4-5,7,14,17H,1-3,6,8-9H2,(H,15,16). The van der Waals surface area contributed by atoms with Gasteiger partial charge in [-0.2, -0.15) is 5.10 Å². The highest BCUT2D eigenvalue weighted by molar-refractivity contribution is 5.81. The van der Waals surface area contributed by atoms with Crippen LogP contribution < -0.4 is 0 Å². The molecule has 19 heavy (non-hydrogen) atoms. The second-order valence-electron chi connectivity index (χ2n) is 4.82. The first-order chi connectivity index (χ1) is 9.36. The minimum absolute atomic E-state index is 0.0349. The van der Waals surface area contributed by atoms with Crippen LogP contribution >= 0.6 is 0 Å². The number of hydrogen-bond acceptors (Lipinski definition) is 4. The van der Waals surface area contributed by atoms with Crippen molar-refractivity contribution in [1.29, 1.82) is 0 Å². The van der Waals surface area contributed by atoms with Crippen molar-refractivity contribution in [3.8, 4) is 0 Å². The quantitative estimate of drug-likeness (QED) is 0.885. The van der Waals surface area contributed by atoms with Gasteiger partial charge in [-0.25, -0.2) is 0 Å². The van der Waals surface area contributed by atoms with E-state index in [0.29, 0.717) is 6.61 Å². The molecule has 0 spiro atoms. The normalized spacial score (nSPS) is 19.9. The summed E-state index contributed by atoms with van der Waals surface area (Å²) in [7, 11) is 0. The summed E-state index contributed by atoms with van der Waals surface area (Å²) in [6.07, 6.45) is 3.12. The molecule has 5 nitrogen and oxygen atoms in total. The monoisotopic (exact) mass is 262 g/mol. The third kappa shape index (κ3) is 2.78. The molecule has 1 aliphatic heterocycles. The fourth-order valence-corrected chi connectivity index (χ4v) is 2.34. The van der Waals surface area contributed by atoms with E-state index < -0.39 is 0 Å². The van der Waals surface area contributed by atoms with Crippen molar-refractivity contribution in [2.75, 3.05) is 6.61 Å². The molecule has 1 aliphatic rings. The lowest BCUT2D eigenvalue weighted by molar-refractivity contribution is -0.169. The van der Waals surface area contributed by atoms with Crippen molar-refractivity contribution < 1.29 is 14.6 Å². The van der Waals surface area contributed by atoms with Crippen LogP contribution in [0.3, 0.4) is 0 Å². The van der Waals surface area contributed by atoms with E-state index in [0.717, 1.165) is 48.0 Å². The van der Waals surface area contributed by atoms with Crippen molar-refractivity contribution in [2.24, 2.45) is 0 Å². The van der Waals surface area contributed by atoms with E-state index in [1.807, 2.05) is 18.2 Å². The fourth-order valence-electron chi connectivity index (χ4n) is 2.34. The predicted molar refractivity (Wildman–Crippen MR) is 70.4 cm³/mol. The number of aliphatic hydroxyl groups excluding tert-OH is 1. The van der Waals surface area contributed by atoms with Crippen molar-refractivity contribution in [1.82, 2.24) is 10.2 Å². The Morgan fingerprint density at radius 1 is 1.42 bits per heavy atom. The maximum atomic E-state index is 9.18. The van der Waals surface area contributed by atoms with Gasteiger partial charge in [0.2, 0.25) is 0 Å². The molecule has 1 fully saturated rings. The number of nitrogens with one attached hydrogen (secondary N) is 1. The number of aromatic amines is 1. The Bertz CT molecular complexity index is 547. The topological polar surface area (TPSA) is 67.4 Å². The number of aliphatic hydroxyl groups is 1. The van der Waals surface area contributed by atoms with E-state index in [2.05, 4.69) is 10.2 Å². The van der Waals surface area contributed by atoms with Crippen molar-refractivity contribution >= 4 is 10.9 Å². The molecule has 2 heterocycles. The first-order valence-corrected chi connectivity index (χ1v) is 6.67. The Kier molecular flexibility index (Phi) is 3.77. The molecule has 1 aromatic heterocycles. The fraction of sp³-hybridized carbons (Fsp3) is 0.500. The summed E-state index contributed by atoms with van der Waals surface area (Å²) in [6, 6.07) is 5.72. The van der Waals surface area contributed by atoms with Gasteiger partial charge in [0.15, 0.2) is 6.29 Å². The minimum Gasteiger partial charge on any atom is -0.392 e. The summed E-state index contributed by atoms with van der Waals surface area (Å²) < 4.78 is 11.3. The largest absolute Gasteiger partial charge is 0.392 e. The summed E-state index contributed by atoms with van der Waals surface area (Å²) in [5, 5.41) is 17.4. The Hall–Kier alpha value is -1.43. The second kappa shape index (κ2) is 5.69. The lowest BCUT2D eigenvalue weighted by Crippen LogP contribution is -2.22. The van der Waals surface area contributed by atoms with Crippen LogP contribution in [-0.2, 0) is 22.7 Å². The van der Waals surface area contributed by atoms with Crippen molar-refractivity contribution in [3.63, 3.8) is 0 Å². The highest BCUT2D eigenvalue weighted by Gasteiger charge is 2.15. The Morgan fingerprint density at radius 3 is 3.16 bits per heavy atom. The Labute approximate surface area is 111 Å². The van der Waals surface area contributed by atoms with Gasteiger partial charge in [0, 0.05) is 12.0 Å². The molecule has 3 rings (SSSR count). The summed E-state index contributed by atoms with van der Waals surface area (Å²) >= 11 is 0. The number of H-pyrrole nitrogens is 1. The predicted octanol–water partition coefficient (Wildman–Crippen LogP) is 2.10. The molecule has 102 valence electrons. The van der Waals surface area contributed by atoms with Crippen LogP contribution in [0.15, 0.2) is 18.2 Å². The SMILES string of the molecule is OCc1ccc2n[nH]c(COC3CCCCO3)c2c1. The molecule has 0 aliphatic carbocycles. The van der Waals surface area contributed by atoms with Crippen LogP contribution in [0, 0.1) is 0 Å². The third-order valence-electron chi connectivity index (χ3n) is 3.43. The molecule has 1 aromatic carbocycles. The lowest BCUT2D eigenvalue weighted by Gasteiger charge is -2.22. The maximum Gasteiger partial charge on any atom is 0.158 e. The van der Waals surface area contributed by atoms with E-state index in [1.54, 1.807) is 0 Å². The second-order valence-corrected chi connectivity index (χ2v) is 4.82. The molecule has 0 bridgehead atoms. The van der Waals surface area contributed by atoms with E-state index in [9.17, 15) is 5.11 Å². The van der Waals surface area contributed by atoms with Gasteiger partial charge < -0.3 is 14.6 Å². The van der Waals surface area contributed by atoms with E-state index in [-0.39, 0.29) is 12.9 Å². The molecule has 1 atom stereocenters. The Balaban J connectivity index is 1.72. The first-order valence-electron chi connectivity index (χ1n) is 6.67. The van der Waals surface area contributed by atoms with Crippen LogP contribution in [0.25, 0.3) is 10.9 Å². The number of ether oxygens (including phenoxy) is 2. The first kappa shape index (κ1) is 12.6. The third-order valence-corrected chi connectivity index (χ3v) is 3.43. The van der Waals surface area contributed by atoms with Gasteiger partial charge >= 0.3 is 0 Å². The molecule has 0 amide bonds. The number of fused-ring (bicyclic) bond motifs is 1. The smallest absolute Gasteiger partial charge is 0.158 e. The zero-order chi connectivity index (χ0) is 13.1. The summed E-state index contributed by atoms with van der Waals surface area (Å²) in [4.78, 5) is 0. The van der Waals surface area contributed by atoms with E-state index >= 15 is 0 Å². The van der Waals surface area contributed by atoms with Crippen LogP contribution in [0.2, 0.25) is 0 Å². The van der Waals surface area contributed by atoms with Gasteiger partial charge in [0.1, 0.15) is 0 Å². The summed E-state index contributed by atoms with van der Waals surface area (Å²) in [6.45, 7) is 1.27. The highest BCUT2D eigenvalue weighted by atomic mass is 16.7. The average molecular weight is 262 g/mol. The molecule has 5 heteroatoms.